The van der Waals surface area contributed by atoms with Gasteiger partial charge in [0.05, 0.1) is 121 Å². The quantitative estimate of drug-likeness (QED) is 0.0515. The van der Waals surface area contributed by atoms with Crippen LogP contribution in [0.25, 0.3) is 43.7 Å². The summed E-state index contributed by atoms with van der Waals surface area (Å²) in [4.78, 5) is 65.0. The molecule has 10 atom stereocenters. The number of alkyl halides is 12. The topological polar surface area (TPSA) is 201 Å². The van der Waals surface area contributed by atoms with Gasteiger partial charge < -0.3 is 28.4 Å². The van der Waals surface area contributed by atoms with E-state index in [4.69, 9.17) is 28.4 Å². The molecule has 12 aromatic rings. The van der Waals surface area contributed by atoms with Gasteiger partial charge in [-0.1, -0.05) is 192 Å². The highest BCUT2D eigenvalue weighted by molar-refractivity contribution is 8.01. The summed E-state index contributed by atoms with van der Waals surface area (Å²) in [5, 5.41) is 0.809. The number of rotatable bonds is 20. The van der Waals surface area contributed by atoms with Gasteiger partial charge in [-0.3, -0.25) is 19.6 Å². The standard InChI is InChI=1S/C30H31F4NO3.C28H24F3NO4S.C28H24F3NO3S.C26H27F3N2O3S/c1-16(2)24-13-25(27(37-6)14-26(24)31)23-8-7-17(3)9-21(23)15-35-19(5)28(38-29(35)36)20-10-18(4)11-22(12-20)30(32,33)34;1-16-8-9-23(25-14-19-6-4-5-7-24(19)37(25,34)35)21(10-16)15-32-18(3)26(36-27(32)33)20-11-17(2)12-22(13-20)28(29,30)31;1-16-8-9-23(25-14-19-6-4-5-7-24(19)36(25)34)21(10-16)15-32-18(3)26(35-27(32)33)20-11-17(2)12-22(13-20)28(29,30)31;1-14-6-7-21(24-30-12-22(35-24)17(4)33-5)19(8-14)13-31-16(3)23(34-25(31)32)18-9-15(2)10-20(11-18)26(27,28)29/h7-14,16,19,28H,15H2,1-6H3;4-14,18,26H,15H2,1-3H3;4-14,18,26H,15H2,1-3H3;6-12,16-17,23H,13H2,1-5H3/t19-,28-;18-,26-;18-,26-,36?;16-,17?,23-/m0000/s1. The monoisotopic (exact) mass is 2070 g/mol. The lowest BCUT2D eigenvalue weighted by molar-refractivity contribution is -0.138. The number of carbonyl (C=O) groups is 4. The molecule has 0 N–H and O–H groups in total. The van der Waals surface area contributed by atoms with Crippen LogP contribution in [0.4, 0.5) is 76.3 Å². The Hall–Kier alpha value is -13.4. The van der Waals surface area contributed by atoms with Gasteiger partial charge in [-0.15, -0.1) is 11.3 Å². The SMILES string of the molecule is COC(C)c1cnc(-c2ccc(C)cc2CN2C(=O)O[C@H](c3cc(C)cc(C(F)(F)F)c3)[C@@H]2C)s1.COc1cc(F)c(C(C)C)cc1-c1ccc(C)cc1CN1C(=O)O[C@H](c2cc(C)cc(C(F)(F)F)c2)[C@@H]1C.Cc1cc([C@H]2OC(=O)N(Cc3cc(C)ccc3C3=Cc4ccccc4S3(=O)=O)[C@H]2C)cc(C(F)(F)F)c1.Cc1cc([C@H]2OC(=O)N(Cc3cc(C)ccc3C3=Cc4ccccc4S3=O)[C@H]2C)cc(C(F)(F)F)c1. The summed E-state index contributed by atoms with van der Waals surface area (Å²) in [6.07, 6.45) is -18.6. The first-order chi connectivity index (χ1) is 68.6. The molecule has 0 bridgehead atoms. The third-order valence-electron chi connectivity index (χ3n) is 26.7. The maximum Gasteiger partial charge on any atom is 0.416 e. The lowest BCUT2D eigenvalue weighted by Crippen LogP contribution is -2.32. The highest BCUT2D eigenvalue weighted by Gasteiger charge is 2.48. The van der Waals surface area contributed by atoms with E-state index in [2.05, 4.69) is 4.98 Å². The number of methoxy groups -OCH3 is 2. The van der Waals surface area contributed by atoms with E-state index in [9.17, 15) is 88.9 Å². The fraction of sp³-hybridized carbons (Fsp3) is 0.312. The van der Waals surface area contributed by atoms with Crippen molar-refractivity contribution in [2.45, 2.75) is 225 Å². The second-order valence-corrected chi connectivity index (χ2v) is 42.3. The Labute approximate surface area is 844 Å². The third-order valence-corrected chi connectivity index (χ3v) is 31.2. The van der Waals surface area contributed by atoms with E-state index >= 15 is 0 Å². The summed E-state index contributed by atoms with van der Waals surface area (Å²) in [6, 6.07) is 53.0. The molecular weight excluding hydrogens is 1970 g/mol. The molecule has 4 amide bonds. The van der Waals surface area contributed by atoms with Crippen LogP contribution >= 0.6 is 11.3 Å². The van der Waals surface area contributed by atoms with Crippen LogP contribution in [0.3, 0.4) is 0 Å². The Morgan fingerprint density at radius 2 is 0.760 bits per heavy atom. The average Bonchev–Trinajstić information content (AvgIpc) is 1.59. The number of thiazole rings is 1. The molecule has 6 aliphatic heterocycles. The van der Waals surface area contributed by atoms with Crippen LogP contribution in [0.1, 0.15) is 229 Å². The summed E-state index contributed by atoms with van der Waals surface area (Å²) in [5.74, 6) is -0.0459. The van der Waals surface area contributed by atoms with Crippen LogP contribution in [0.2, 0.25) is 0 Å². The molecule has 0 radical (unpaired) electrons. The van der Waals surface area contributed by atoms with Crippen molar-refractivity contribution in [3.63, 3.8) is 0 Å². The molecule has 0 aliphatic carbocycles. The Morgan fingerprint density at radius 1 is 0.411 bits per heavy atom. The summed E-state index contributed by atoms with van der Waals surface area (Å²) >= 11 is 1.52. The van der Waals surface area contributed by atoms with Crippen molar-refractivity contribution in [2.24, 2.45) is 0 Å². The van der Waals surface area contributed by atoms with Crippen molar-refractivity contribution in [3.8, 4) is 27.4 Å². The number of fused-ring (bicyclic) bond motifs is 2. The minimum atomic E-state index is -4.53. The summed E-state index contributed by atoms with van der Waals surface area (Å²) in [6.45, 7) is 27.4. The van der Waals surface area contributed by atoms with Gasteiger partial charge in [0.1, 0.15) is 41.0 Å². The smallest absolute Gasteiger partial charge is 0.416 e. The van der Waals surface area contributed by atoms with Gasteiger partial charge in [0.2, 0.25) is 9.84 Å². The van der Waals surface area contributed by atoms with Crippen LogP contribution in [0, 0.1) is 61.2 Å². The molecule has 6 aliphatic rings. The van der Waals surface area contributed by atoms with Gasteiger partial charge >= 0.3 is 49.1 Å². The van der Waals surface area contributed by atoms with Crippen LogP contribution < -0.4 is 4.74 Å². The van der Waals surface area contributed by atoms with Gasteiger partial charge in [0.15, 0.2) is 0 Å². The van der Waals surface area contributed by atoms with Crippen molar-refractivity contribution < 1.29 is 117 Å². The maximum absolute atomic E-state index is 14.7. The predicted octanol–water partition coefficient (Wildman–Crippen LogP) is 29.3. The van der Waals surface area contributed by atoms with E-state index in [0.717, 1.165) is 125 Å². The number of nitrogens with zero attached hydrogens (tertiary/aromatic N) is 5. The highest BCUT2D eigenvalue weighted by atomic mass is 32.2. The van der Waals surface area contributed by atoms with Gasteiger partial charge in [0.25, 0.3) is 0 Å². The molecule has 146 heavy (non-hydrogen) atoms. The normalized spacial score (nSPS) is 19.7. The van der Waals surface area contributed by atoms with Gasteiger partial charge in [-0.2, -0.15) is 52.7 Å². The Balaban J connectivity index is 0.000000146. The second-order valence-electron chi connectivity index (χ2n) is 37.9. The molecule has 18 rings (SSSR count). The molecule has 4 fully saturated rings. The van der Waals surface area contributed by atoms with Crippen molar-refractivity contribution in [1.29, 1.82) is 0 Å². The van der Waals surface area contributed by atoms with E-state index in [-0.39, 0.29) is 59.4 Å². The molecule has 0 saturated carbocycles. The van der Waals surface area contributed by atoms with Crippen molar-refractivity contribution in [3.05, 3.63) is 362 Å². The molecule has 18 nitrogen and oxygen atoms in total. The molecule has 11 aromatic carbocycles. The molecular formula is C112H106F13N5O13S3. The zero-order valence-electron chi connectivity index (χ0n) is 82.6. The van der Waals surface area contributed by atoms with Gasteiger partial charge in [-0.25, -0.2) is 41.2 Å². The lowest BCUT2D eigenvalue weighted by atomic mass is 9.92. The number of sulfone groups is 1. The fourth-order valence-corrected chi connectivity index (χ4v) is 23.2. The van der Waals surface area contributed by atoms with Crippen LogP contribution in [-0.4, -0.2) is 100.0 Å². The number of amides is 4. The minimum Gasteiger partial charge on any atom is -0.496 e. The van der Waals surface area contributed by atoms with E-state index in [0.29, 0.717) is 77.4 Å². The van der Waals surface area contributed by atoms with Gasteiger partial charge in [-0.05, 0) is 253 Å². The lowest BCUT2D eigenvalue weighted by Gasteiger charge is -2.24. The number of hydrogen-bond acceptors (Lipinski definition) is 15. The number of halogens is 13. The van der Waals surface area contributed by atoms with Gasteiger partial charge in [0, 0.05) is 30.5 Å². The van der Waals surface area contributed by atoms with E-state index in [1.54, 1.807) is 146 Å². The van der Waals surface area contributed by atoms with Crippen LogP contribution in [-0.2, 0) is 95.2 Å². The van der Waals surface area contributed by atoms with E-state index < -0.39 is 141 Å². The number of ether oxygens (including phenoxy) is 6. The van der Waals surface area contributed by atoms with E-state index in [1.807, 2.05) is 139 Å². The number of hydrogen-bond donors (Lipinski definition) is 0. The van der Waals surface area contributed by atoms with Crippen LogP contribution in [0.15, 0.2) is 222 Å². The number of carbonyl (C=O) groups excluding carboxylic acids is 4. The van der Waals surface area contributed by atoms with Crippen molar-refractivity contribution in [1.82, 2.24) is 24.6 Å². The summed E-state index contributed by atoms with van der Waals surface area (Å²) in [7, 11) is -1.99. The Bertz CT molecular complexity index is 7300. The first-order valence-electron chi connectivity index (χ1n) is 46.8. The minimum absolute atomic E-state index is 0.0364. The fourth-order valence-electron chi connectivity index (χ4n) is 19.1. The molecule has 1 aromatic heterocycles. The summed E-state index contributed by atoms with van der Waals surface area (Å²) < 4.78 is 248. The third kappa shape index (κ3) is 22.9. The average molecular weight is 2070 g/mol. The zero-order chi connectivity index (χ0) is 106. The van der Waals surface area contributed by atoms with Crippen LogP contribution in [0.5, 0.6) is 5.75 Å². The maximum atomic E-state index is 14.7. The first-order valence-corrected chi connectivity index (χ1v) is 50.3. The number of aromatic nitrogens is 1. The van der Waals surface area contributed by atoms with Crippen molar-refractivity contribution >= 4 is 78.3 Å². The van der Waals surface area contributed by atoms with Crippen molar-refractivity contribution in [2.75, 3.05) is 14.2 Å². The largest absolute Gasteiger partial charge is 0.496 e. The second kappa shape index (κ2) is 42.2. The Morgan fingerprint density at radius 3 is 1.13 bits per heavy atom. The predicted molar refractivity (Wildman–Crippen MR) is 531 cm³/mol. The molecule has 7 heterocycles. The molecule has 0 spiro atoms. The molecule has 4 saturated heterocycles. The number of benzene rings is 11. The van der Waals surface area contributed by atoms with E-state index in [1.165, 1.54) is 39.2 Å². The zero-order valence-corrected chi connectivity index (χ0v) is 85.1. The molecule has 34 heteroatoms. The molecule has 766 valence electrons. The first kappa shape index (κ1) is 107. The molecule has 2 unspecified atom stereocenters. The summed E-state index contributed by atoms with van der Waals surface area (Å²) in [5.41, 5.74) is 12.4. The Kier molecular flexibility index (Phi) is 30.9. The highest BCUT2D eigenvalue weighted by Crippen LogP contribution is 2.49. The number of cyclic esters (lactones) is 4. The number of aryl methyl sites for hydroxylation is 8.